The molecule has 0 saturated carbocycles. The summed E-state index contributed by atoms with van der Waals surface area (Å²) >= 11 is 6.51. The molecule has 1 fully saturated rings. The van der Waals surface area contributed by atoms with E-state index >= 15 is 0 Å². The van der Waals surface area contributed by atoms with E-state index in [1.54, 1.807) is 18.3 Å². The lowest BCUT2D eigenvalue weighted by atomic mass is 9.92. The first-order valence-corrected chi connectivity index (χ1v) is 11.2. The molecule has 1 aliphatic heterocycles. The number of likely N-dealkylation sites (tertiary alicyclic amines) is 1. The molecule has 1 N–H and O–H groups in total. The molecule has 1 aliphatic rings. The number of carbonyl (C=O) groups is 1. The van der Waals surface area contributed by atoms with Gasteiger partial charge in [0, 0.05) is 29.1 Å². The molecule has 0 aliphatic carbocycles. The van der Waals surface area contributed by atoms with E-state index in [9.17, 15) is 10.1 Å². The van der Waals surface area contributed by atoms with Crippen LogP contribution in [0.25, 0.3) is 0 Å². The number of piperidine rings is 1. The molecular weight excluding hydrogens is 420 g/mol. The summed E-state index contributed by atoms with van der Waals surface area (Å²) < 4.78 is 0. The molecule has 2 unspecified atom stereocenters. The fraction of sp³-hybridized carbons (Fsp3) is 0.269. The maximum Gasteiger partial charge on any atom is 0.238 e. The number of nitrogens with zero attached hydrogens (tertiary/aromatic N) is 3. The van der Waals surface area contributed by atoms with Gasteiger partial charge in [0.2, 0.25) is 5.91 Å². The number of amides is 1. The van der Waals surface area contributed by atoms with Gasteiger partial charge in [-0.2, -0.15) is 5.26 Å². The first kappa shape index (κ1) is 22.0. The summed E-state index contributed by atoms with van der Waals surface area (Å²) in [6, 6.07) is 21.4. The van der Waals surface area contributed by atoms with Gasteiger partial charge in [0.25, 0.3) is 0 Å². The van der Waals surface area contributed by atoms with Crippen molar-refractivity contribution >= 4 is 23.2 Å². The molecule has 2 atom stereocenters. The molecular formula is C26H25ClN4O. The third-order valence-corrected chi connectivity index (χ3v) is 6.21. The molecule has 162 valence electrons. The molecule has 1 amide bonds. The van der Waals surface area contributed by atoms with Gasteiger partial charge in [-0.15, -0.1) is 0 Å². The molecule has 32 heavy (non-hydrogen) atoms. The highest BCUT2D eigenvalue weighted by atomic mass is 35.5. The van der Waals surface area contributed by atoms with E-state index in [1.807, 2.05) is 48.7 Å². The Morgan fingerprint density at radius 3 is 2.75 bits per heavy atom. The number of anilines is 1. The summed E-state index contributed by atoms with van der Waals surface area (Å²) in [5, 5.41) is 13.1. The minimum Gasteiger partial charge on any atom is -0.325 e. The second-order valence-corrected chi connectivity index (χ2v) is 8.43. The van der Waals surface area contributed by atoms with Crippen LogP contribution in [-0.2, 0) is 4.79 Å². The number of carbonyl (C=O) groups excluding carboxylic acids is 1. The van der Waals surface area contributed by atoms with Crippen LogP contribution in [-0.4, -0.2) is 28.9 Å². The minimum absolute atomic E-state index is 0.0792. The summed E-state index contributed by atoms with van der Waals surface area (Å²) in [6.45, 7) is 1.19. The predicted molar refractivity (Wildman–Crippen MR) is 126 cm³/mol. The van der Waals surface area contributed by atoms with Gasteiger partial charge in [-0.05, 0) is 54.3 Å². The fourth-order valence-electron chi connectivity index (χ4n) is 4.32. The zero-order valence-corrected chi connectivity index (χ0v) is 18.5. The highest BCUT2D eigenvalue weighted by molar-refractivity contribution is 6.31. The fourth-order valence-corrected chi connectivity index (χ4v) is 4.61. The van der Waals surface area contributed by atoms with Crippen molar-refractivity contribution in [2.24, 2.45) is 0 Å². The number of rotatable bonds is 6. The predicted octanol–water partition coefficient (Wildman–Crippen LogP) is 5.56. The van der Waals surface area contributed by atoms with Gasteiger partial charge >= 0.3 is 0 Å². The van der Waals surface area contributed by atoms with E-state index in [4.69, 9.17) is 11.6 Å². The molecule has 1 aromatic heterocycles. The van der Waals surface area contributed by atoms with Crippen molar-refractivity contribution in [1.82, 2.24) is 9.88 Å². The Morgan fingerprint density at radius 1 is 1.19 bits per heavy atom. The highest BCUT2D eigenvalue weighted by Gasteiger charge is 2.26. The Kier molecular flexibility index (Phi) is 7.16. The van der Waals surface area contributed by atoms with Gasteiger partial charge in [0.1, 0.15) is 0 Å². The van der Waals surface area contributed by atoms with E-state index in [0.29, 0.717) is 17.3 Å². The summed E-state index contributed by atoms with van der Waals surface area (Å²) in [5.74, 6) is -0.536. The number of nitriles is 1. The maximum atomic E-state index is 12.8. The monoisotopic (exact) mass is 444 g/mol. The van der Waals surface area contributed by atoms with Crippen molar-refractivity contribution in [3.05, 3.63) is 94.8 Å². The molecule has 0 spiro atoms. The average molecular weight is 445 g/mol. The Morgan fingerprint density at radius 2 is 2.03 bits per heavy atom. The summed E-state index contributed by atoms with van der Waals surface area (Å²) in [6.07, 6.45) is 6.91. The maximum absolute atomic E-state index is 12.8. The van der Waals surface area contributed by atoms with E-state index in [0.717, 1.165) is 42.5 Å². The number of nitrogens with one attached hydrogen (secondary N) is 1. The smallest absolute Gasteiger partial charge is 0.238 e. The summed E-state index contributed by atoms with van der Waals surface area (Å²) in [4.78, 5) is 19.3. The number of hydrogen-bond donors (Lipinski definition) is 1. The zero-order chi connectivity index (χ0) is 22.3. The van der Waals surface area contributed by atoms with Crippen LogP contribution >= 0.6 is 11.6 Å². The van der Waals surface area contributed by atoms with E-state index in [1.165, 1.54) is 0 Å². The third kappa shape index (κ3) is 5.16. The van der Waals surface area contributed by atoms with Crippen molar-refractivity contribution in [2.75, 3.05) is 18.4 Å². The molecule has 0 radical (unpaired) electrons. The molecule has 2 aromatic carbocycles. The van der Waals surface area contributed by atoms with Gasteiger partial charge in [-0.25, -0.2) is 0 Å². The van der Waals surface area contributed by atoms with Crippen LogP contribution in [0.5, 0.6) is 0 Å². The van der Waals surface area contributed by atoms with E-state index in [2.05, 4.69) is 27.3 Å². The van der Waals surface area contributed by atoms with Crippen LogP contribution < -0.4 is 5.32 Å². The molecule has 1 saturated heterocycles. The van der Waals surface area contributed by atoms with Crippen LogP contribution in [0.15, 0.2) is 73.1 Å². The molecule has 6 heteroatoms. The lowest BCUT2D eigenvalue weighted by Gasteiger charge is -2.35. The SMILES string of the molecule is N#CC(c1ccccc1)c1ccc(NC(=O)CN2CCCCC2c2cccnc2)cc1Cl. The van der Waals surface area contributed by atoms with Crippen molar-refractivity contribution in [1.29, 1.82) is 5.26 Å². The number of pyridine rings is 1. The van der Waals surface area contributed by atoms with Crippen LogP contribution in [0.2, 0.25) is 5.02 Å². The number of aromatic nitrogens is 1. The van der Waals surface area contributed by atoms with Gasteiger partial charge in [0.15, 0.2) is 0 Å². The second kappa shape index (κ2) is 10.4. The van der Waals surface area contributed by atoms with Gasteiger partial charge < -0.3 is 5.32 Å². The van der Waals surface area contributed by atoms with Crippen LogP contribution in [0.4, 0.5) is 5.69 Å². The quantitative estimate of drug-likeness (QED) is 0.540. The lowest BCUT2D eigenvalue weighted by molar-refractivity contribution is -0.118. The average Bonchev–Trinajstić information content (AvgIpc) is 2.82. The van der Waals surface area contributed by atoms with E-state index < -0.39 is 5.92 Å². The first-order chi connectivity index (χ1) is 15.7. The second-order valence-electron chi connectivity index (χ2n) is 8.03. The highest BCUT2D eigenvalue weighted by Crippen LogP contribution is 2.32. The summed E-state index contributed by atoms with van der Waals surface area (Å²) in [5.41, 5.74) is 3.39. The number of halogens is 1. The number of benzene rings is 2. The largest absolute Gasteiger partial charge is 0.325 e. The Hall–Kier alpha value is -3.20. The topological polar surface area (TPSA) is 69.0 Å². The third-order valence-electron chi connectivity index (χ3n) is 5.89. The molecule has 2 heterocycles. The Balaban J connectivity index is 1.44. The van der Waals surface area contributed by atoms with Crippen LogP contribution in [0.3, 0.4) is 0 Å². The normalized spacial score (nSPS) is 17.3. The van der Waals surface area contributed by atoms with E-state index in [-0.39, 0.29) is 11.9 Å². The number of hydrogen-bond acceptors (Lipinski definition) is 4. The minimum atomic E-state index is -0.456. The first-order valence-electron chi connectivity index (χ1n) is 10.8. The van der Waals surface area contributed by atoms with Crippen molar-refractivity contribution < 1.29 is 4.79 Å². The molecule has 0 bridgehead atoms. The van der Waals surface area contributed by atoms with Crippen molar-refractivity contribution in [3.8, 4) is 6.07 Å². The molecule has 3 aromatic rings. The van der Waals surface area contributed by atoms with Gasteiger partial charge in [-0.1, -0.05) is 60.5 Å². The van der Waals surface area contributed by atoms with Gasteiger partial charge in [0.05, 0.1) is 18.5 Å². The van der Waals surface area contributed by atoms with Crippen LogP contribution in [0.1, 0.15) is 47.9 Å². The molecule has 4 rings (SSSR count). The van der Waals surface area contributed by atoms with Gasteiger partial charge in [-0.3, -0.25) is 14.7 Å². The lowest BCUT2D eigenvalue weighted by Crippen LogP contribution is -2.39. The molecule has 5 nitrogen and oxygen atoms in total. The standard InChI is InChI=1S/C26H25ClN4O/c27-24-15-21(11-12-22(24)23(16-28)19-7-2-1-3-8-19)30-26(32)18-31-14-5-4-10-25(31)20-9-6-13-29-17-20/h1-3,6-9,11-13,15,17,23,25H,4-5,10,14,18H2,(H,30,32). The van der Waals surface area contributed by atoms with Crippen LogP contribution in [0, 0.1) is 11.3 Å². The Labute approximate surface area is 193 Å². The zero-order valence-electron chi connectivity index (χ0n) is 17.7. The Bertz CT molecular complexity index is 1100. The summed E-state index contributed by atoms with van der Waals surface area (Å²) in [7, 11) is 0. The van der Waals surface area contributed by atoms with Crippen molar-refractivity contribution in [3.63, 3.8) is 0 Å². The van der Waals surface area contributed by atoms with Crippen molar-refractivity contribution in [2.45, 2.75) is 31.2 Å².